The fourth-order valence-corrected chi connectivity index (χ4v) is 1.90. The lowest BCUT2D eigenvalue weighted by Crippen LogP contribution is -2.37. The van der Waals surface area contributed by atoms with Gasteiger partial charge in [-0.1, -0.05) is 0 Å². The molecule has 0 unspecified atom stereocenters. The van der Waals surface area contributed by atoms with E-state index in [4.69, 9.17) is 9.84 Å². The molecule has 7 nitrogen and oxygen atoms in total. The average molecular weight is 255 g/mol. The van der Waals surface area contributed by atoms with Gasteiger partial charge in [0, 0.05) is 19.2 Å². The van der Waals surface area contributed by atoms with E-state index in [2.05, 4.69) is 0 Å². The number of morpholine rings is 1. The molecule has 0 amide bonds. The molecule has 18 heavy (non-hydrogen) atoms. The van der Waals surface area contributed by atoms with Gasteiger partial charge >= 0.3 is 5.97 Å². The number of nitrogens with zero attached hydrogens (tertiary/aromatic N) is 1. The van der Waals surface area contributed by atoms with Crippen LogP contribution in [-0.2, 0) is 4.74 Å². The van der Waals surface area contributed by atoms with Crippen LogP contribution in [0.5, 0.6) is 17.2 Å². The second-order valence-electron chi connectivity index (χ2n) is 3.89. The third-order valence-corrected chi connectivity index (χ3v) is 2.79. The molecule has 1 aliphatic heterocycles. The molecule has 1 fully saturated rings. The zero-order chi connectivity index (χ0) is 13.3. The molecule has 1 saturated heterocycles. The second-order valence-corrected chi connectivity index (χ2v) is 3.89. The Hall–Kier alpha value is -2.15. The van der Waals surface area contributed by atoms with Crippen molar-refractivity contribution >= 4 is 11.7 Å². The summed E-state index contributed by atoms with van der Waals surface area (Å²) in [5, 5.41) is 37.7. The summed E-state index contributed by atoms with van der Waals surface area (Å²) in [6.07, 6.45) is 0. The number of carboxylic acids is 1. The van der Waals surface area contributed by atoms with Gasteiger partial charge in [0.25, 0.3) is 0 Å². The van der Waals surface area contributed by atoms with Crippen LogP contribution in [0.25, 0.3) is 0 Å². The molecule has 1 heterocycles. The van der Waals surface area contributed by atoms with Crippen molar-refractivity contribution in [2.45, 2.75) is 0 Å². The number of carbonyl (C=O) groups is 1. The Bertz CT molecular complexity index is 481. The lowest BCUT2D eigenvalue weighted by molar-refractivity contribution is 0.0695. The first kappa shape index (κ1) is 12.3. The number of phenols is 3. The molecule has 7 heteroatoms. The summed E-state index contributed by atoms with van der Waals surface area (Å²) >= 11 is 0. The van der Waals surface area contributed by atoms with Gasteiger partial charge in [-0.15, -0.1) is 0 Å². The van der Waals surface area contributed by atoms with Crippen molar-refractivity contribution in [1.29, 1.82) is 0 Å². The molecule has 0 spiro atoms. The lowest BCUT2D eigenvalue weighted by Gasteiger charge is -2.30. The minimum atomic E-state index is -1.29. The van der Waals surface area contributed by atoms with Crippen LogP contribution < -0.4 is 4.90 Å². The van der Waals surface area contributed by atoms with Crippen LogP contribution in [0.15, 0.2) is 6.07 Å². The number of benzene rings is 1. The molecule has 0 atom stereocenters. The quantitative estimate of drug-likeness (QED) is 0.564. The highest BCUT2D eigenvalue weighted by Crippen LogP contribution is 2.45. The Morgan fingerprint density at radius 2 is 1.78 bits per heavy atom. The average Bonchev–Trinajstić information content (AvgIpc) is 2.36. The van der Waals surface area contributed by atoms with Crippen molar-refractivity contribution < 1.29 is 30.0 Å². The van der Waals surface area contributed by atoms with Crippen molar-refractivity contribution in [3.8, 4) is 17.2 Å². The smallest absolute Gasteiger partial charge is 0.338 e. The summed E-state index contributed by atoms with van der Waals surface area (Å²) in [6, 6.07) is 0.919. The lowest BCUT2D eigenvalue weighted by atomic mass is 10.1. The predicted molar refractivity (Wildman–Crippen MR) is 61.4 cm³/mol. The number of hydrogen-bond acceptors (Lipinski definition) is 6. The van der Waals surface area contributed by atoms with Gasteiger partial charge in [0.05, 0.1) is 24.5 Å². The molecule has 2 rings (SSSR count). The molecular formula is C11H13NO6. The van der Waals surface area contributed by atoms with Crippen LogP contribution in [0.3, 0.4) is 0 Å². The molecule has 0 saturated carbocycles. The van der Waals surface area contributed by atoms with Crippen molar-refractivity contribution in [3.05, 3.63) is 11.6 Å². The standard InChI is InChI=1S/C11H13NO6/c13-7-5-6(11(16)17)8(10(15)9(7)14)12-1-3-18-4-2-12/h5,13-15H,1-4H2,(H,16,17). The molecule has 0 aliphatic carbocycles. The third kappa shape index (κ3) is 2.00. The van der Waals surface area contributed by atoms with E-state index in [0.717, 1.165) is 6.07 Å². The maximum Gasteiger partial charge on any atom is 0.338 e. The van der Waals surface area contributed by atoms with Crippen molar-refractivity contribution in [2.75, 3.05) is 31.2 Å². The molecule has 98 valence electrons. The summed E-state index contributed by atoms with van der Waals surface area (Å²) in [7, 11) is 0. The summed E-state index contributed by atoms with van der Waals surface area (Å²) in [6.45, 7) is 1.61. The molecule has 0 bridgehead atoms. The maximum absolute atomic E-state index is 11.1. The summed E-state index contributed by atoms with van der Waals surface area (Å²) < 4.78 is 5.13. The summed E-state index contributed by atoms with van der Waals surface area (Å²) in [4.78, 5) is 12.7. The van der Waals surface area contributed by atoms with E-state index in [1.54, 1.807) is 4.90 Å². The van der Waals surface area contributed by atoms with Gasteiger partial charge in [-0.25, -0.2) is 4.79 Å². The number of aromatic hydroxyl groups is 3. The topological polar surface area (TPSA) is 110 Å². The van der Waals surface area contributed by atoms with Crippen LogP contribution >= 0.6 is 0 Å². The molecule has 1 aromatic carbocycles. The first-order valence-corrected chi connectivity index (χ1v) is 5.36. The molecule has 0 aromatic heterocycles. The monoisotopic (exact) mass is 255 g/mol. The predicted octanol–water partition coefficient (Wildman–Crippen LogP) is 0.338. The van der Waals surface area contributed by atoms with Crippen LogP contribution in [0, 0.1) is 0 Å². The van der Waals surface area contributed by atoms with Crippen molar-refractivity contribution in [3.63, 3.8) is 0 Å². The van der Waals surface area contributed by atoms with E-state index in [9.17, 15) is 20.1 Å². The number of ether oxygens (including phenoxy) is 1. The Labute approximate surface area is 102 Å². The number of phenolic OH excluding ortho intramolecular Hbond substituents is 3. The first-order valence-electron chi connectivity index (χ1n) is 5.36. The Kier molecular flexibility index (Phi) is 3.15. The molecule has 1 aromatic rings. The van der Waals surface area contributed by atoms with Crippen molar-refractivity contribution in [2.24, 2.45) is 0 Å². The fraction of sp³-hybridized carbons (Fsp3) is 0.364. The van der Waals surface area contributed by atoms with Gasteiger partial charge in [0.15, 0.2) is 11.5 Å². The number of aromatic carboxylic acids is 1. The van der Waals surface area contributed by atoms with E-state index in [0.29, 0.717) is 26.3 Å². The second kappa shape index (κ2) is 4.61. The Morgan fingerprint density at radius 3 is 2.33 bits per heavy atom. The molecular weight excluding hydrogens is 242 g/mol. The van der Waals surface area contributed by atoms with E-state index in [1.807, 2.05) is 0 Å². The van der Waals surface area contributed by atoms with Crippen LogP contribution in [0.1, 0.15) is 10.4 Å². The zero-order valence-corrected chi connectivity index (χ0v) is 9.46. The summed E-state index contributed by atoms with van der Waals surface area (Å²) in [5.74, 6) is -3.31. The Balaban J connectivity index is 2.55. The minimum Gasteiger partial charge on any atom is -0.504 e. The van der Waals surface area contributed by atoms with E-state index < -0.39 is 23.2 Å². The number of anilines is 1. The van der Waals surface area contributed by atoms with Gasteiger partial charge < -0.3 is 30.1 Å². The van der Waals surface area contributed by atoms with Gasteiger partial charge in [-0.2, -0.15) is 0 Å². The molecule has 0 radical (unpaired) electrons. The SMILES string of the molecule is O=C(O)c1cc(O)c(O)c(O)c1N1CCOCC1. The van der Waals surface area contributed by atoms with Gasteiger partial charge in [0.2, 0.25) is 5.75 Å². The highest BCUT2D eigenvalue weighted by atomic mass is 16.5. The normalized spacial score (nSPS) is 15.7. The van der Waals surface area contributed by atoms with Crippen LogP contribution in [-0.4, -0.2) is 52.7 Å². The number of rotatable bonds is 2. The fourth-order valence-electron chi connectivity index (χ4n) is 1.90. The minimum absolute atomic E-state index is 0.00102. The zero-order valence-electron chi connectivity index (χ0n) is 9.46. The molecule has 1 aliphatic rings. The Morgan fingerprint density at radius 1 is 1.17 bits per heavy atom. The van der Waals surface area contributed by atoms with Gasteiger partial charge in [0.1, 0.15) is 0 Å². The maximum atomic E-state index is 11.1. The van der Waals surface area contributed by atoms with E-state index in [-0.39, 0.29) is 11.3 Å². The highest BCUT2D eigenvalue weighted by Gasteiger charge is 2.26. The number of carboxylic acid groups (broad SMARTS) is 1. The van der Waals surface area contributed by atoms with Crippen LogP contribution in [0.4, 0.5) is 5.69 Å². The van der Waals surface area contributed by atoms with E-state index in [1.165, 1.54) is 0 Å². The van der Waals surface area contributed by atoms with Crippen LogP contribution in [0.2, 0.25) is 0 Å². The summed E-state index contributed by atoms with van der Waals surface area (Å²) in [5.41, 5.74) is -0.259. The first-order chi connectivity index (χ1) is 8.52. The molecule has 4 N–H and O–H groups in total. The number of hydrogen-bond donors (Lipinski definition) is 4. The highest BCUT2D eigenvalue weighted by molar-refractivity contribution is 5.98. The van der Waals surface area contributed by atoms with E-state index >= 15 is 0 Å². The van der Waals surface area contributed by atoms with Crippen molar-refractivity contribution in [1.82, 2.24) is 0 Å². The van der Waals surface area contributed by atoms with Gasteiger partial charge in [-0.05, 0) is 0 Å². The third-order valence-electron chi connectivity index (χ3n) is 2.79. The largest absolute Gasteiger partial charge is 0.504 e. The van der Waals surface area contributed by atoms with Gasteiger partial charge in [-0.3, -0.25) is 0 Å².